The molecule has 144 valence electrons. The average Bonchev–Trinajstić information content (AvgIpc) is 2.75. The van der Waals surface area contributed by atoms with Gasteiger partial charge in [-0.1, -0.05) is 6.92 Å². The summed E-state index contributed by atoms with van der Waals surface area (Å²) in [5.41, 5.74) is 0.474. The summed E-state index contributed by atoms with van der Waals surface area (Å²) < 4.78 is 14.5. The minimum Gasteiger partial charge on any atom is -0.355 e. The molecule has 0 aromatic carbocycles. The van der Waals surface area contributed by atoms with Crippen molar-refractivity contribution >= 4 is 17.5 Å². The van der Waals surface area contributed by atoms with Crippen LogP contribution in [-0.4, -0.2) is 59.4 Å². The number of nitrogens with zero attached hydrogens (tertiary/aromatic N) is 7. The smallest absolute Gasteiger partial charge is 0.187 e. The zero-order valence-electron chi connectivity index (χ0n) is 15.8. The van der Waals surface area contributed by atoms with E-state index in [1.807, 2.05) is 17.9 Å². The molecular weight excluding hydrogens is 345 g/mol. The first kappa shape index (κ1) is 17.9. The minimum absolute atomic E-state index is 0.292. The molecule has 2 saturated heterocycles. The minimum atomic E-state index is -0.292. The predicted octanol–water partition coefficient (Wildman–Crippen LogP) is 2.29. The Kier molecular flexibility index (Phi) is 5.31. The van der Waals surface area contributed by atoms with E-state index in [0.29, 0.717) is 31.0 Å². The van der Waals surface area contributed by atoms with Crippen LogP contribution in [0.1, 0.15) is 31.9 Å². The van der Waals surface area contributed by atoms with Crippen LogP contribution in [-0.2, 0) is 6.42 Å². The van der Waals surface area contributed by atoms with E-state index in [1.54, 1.807) is 0 Å². The van der Waals surface area contributed by atoms with Crippen LogP contribution in [0.2, 0.25) is 0 Å². The van der Waals surface area contributed by atoms with Crippen molar-refractivity contribution < 1.29 is 4.39 Å². The van der Waals surface area contributed by atoms with E-state index in [2.05, 4.69) is 36.0 Å². The predicted molar refractivity (Wildman–Crippen MR) is 104 cm³/mol. The third-order valence-corrected chi connectivity index (χ3v) is 5.40. The van der Waals surface area contributed by atoms with Gasteiger partial charge in [0.15, 0.2) is 23.3 Å². The number of rotatable bonds is 4. The normalized spacial score (nSPS) is 18.1. The number of halogens is 1. The highest BCUT2D eigenvalue weighted by molar-refractivity contribution is 5.48. The summed E-state index contributed by atoms with van der Waals surface area (Å²) in [6.45, 7) is 6.97. The lowest BCUT2D eigenvalue weighted by molar-refractivity contribution is 0.565. The topological polar surface area (TPSA) is 61.3 Å². The van der Waals surface area contributed by atoms with Gasteiger partial charge in [0.1, 0.15) is 6.33 Å². The Morgan fingerprint density at radius 2 is 1.41 bits per heavy atom. The number of hydrogen-bond donors (Lipinski definition) is 0. The summed E-state index contributed by atoms with van der Waals surface area (Å²) in [7, 11) is 0. The maximum Gasteiger partial charge on any atom is 0.187 e. The highest BCUT2D eigenvalue weighted by Gasteiger charge is 2.23. The van der Waals surface area contributed by atoms with Crippen molar-refractivity contribution in [1.82, 2.24) is 20.2 Å². The maximum absolute atomic E-state index is 14.5. The Bertz CT molecular complexity index is 753. The van der Waals surface area contributed by atoms with Gasteiger partial charge in [0, 0.05) is 39.3 Å². The first-order chi connectivity index (χ1) is 13.3. The SMILES string of the molecule is CCc1ncnc(N2CCN(c3ccc(N4CCCCC4)nn3)CC2)c1F. The fourth-order valence-electron chi connectivity index (χ4n) is 3.79. The number of aryl methyl sites for hydroxylation is 1. The number of piperazine rings is 1. The molecule has 0 spiro atoms. The lowest BCUT2D eigenvalue weighted by Gasteiger charge is -2.36. The monoisotopic (exact) mass is 371 g/mol. The Morgan fingerprint density at radius 1 is 0.815 bits per heavy atom. The van der Waals surface area contributed by atoms with E-state index in [-0.39, 0.29) is 5.82 Å². The van der Waals surface area contributed by atoms with Crippen LogP contribution in [0.3, 0.4) is 0 Å². The molecule has 2 fully saturated rings. The van der Waals surface area contributed by atoms with Gasteiger partial charge in [-0.15, -0.1) is 10.2 Å². The average molecular weight is 371 g/mol. The van der Waals surface area contributed by atoms with Crippen LogP contribution in [0, 0.1) is 5.82 Å². The molecule has 0 saturated carbocycles. The standard InChI is InChI=1S/C19H26FN7/c1-2-15-18(20)19(22-14-21-15)27-12-10-26(11-13-27)17-7-6-16(23-24-17)25-8-4-3-5-9-25/h6-7,14H,2-5,8-13H2,1H3. The first-order valence-electron chi connectivity index (χ1n) is 9.84. The molecule has 0 radical (unpaired) electrons. The van der Waals surface area contributed by atoms with Gasteiger partial charge >= 0.3 is 0 Å². The van der Waals surface area contributed by atoms with E-state index in [1.165, 1.54) is 25.6 Å². The molecule has 0 atom stereocenters. The quantitative estimate of drug-likeness (QED) is 0.817. The van der Waals surface area contributed by atoms with Crippen LogP contribution in [0.15, 0.2) is 18.5 Å². The fourth-order valence-corrected chi connectivity index (χ4v) is 3.79. The third kappa shape index (κ3) is 3.79. The third-order valence-electron chi connectivity index (χ3n) is 5.40. The summed E-state index contributed by atoms with van der Waals surface area (Å²) in [6.07, 6.45) is 5.78. The van der Waals surface area contributed by atoms with Gasteiger partial charge in [-0.3, -0.25) is 0 Å². The Morgan fingerprint density at radius 3 is 2.00 bits per heavy atom. The van der Waals surface area contributed by atoms with Gasteiger partial charge in [-0.25, -0.2) is 14.4 Å². The van der Waals surface area contributed by atoms with Crippen molar-refractivity contribution in [2.45, 2.75) is 32.6 Å². The fraction of sp³-hybridized carbons (Fsp3) is 0.579. The molecule has 2 aliphatic rings. The summed E-state index contributed by atoms with van der Waals surface area (Å²) in [4.78, 5) is 14.7. The Labute approximate surface area is 159 Å². The van der Waals surface area contributed by atoms with E-state index < -0.39 is 0 Å². The molecule has 2 aromatic rings. The molecule has 8 heteroatoms. The van der Waals surface area contributed by atoms with Crippen molar-refractivity contribution in [3.63, 3.8) is 0 Å². The van der Waals surface area contributed by atoms with Crippen molar-refractivity contribution in [2.24, 2.45) is 0 Å². The van der Waals surface area contributed by atoms with E-state index in [0.717, 1.165) is 37.8 Å². The molecule has 0 N–H and O–H groups in total. The summed E-state index contributed by atoms with van der Waals surface area (Å²) in [5.74, 6) is 1.97. The van der Waals surface area contributed by atoms with Crippen molar-refractivity contribution in [3.05, 3.63) is 30.0 Å². The first-order valence-corrected chi connectivity index (χ1v) is 9.84. The second-order valence-corrected chi connectivity index (χ2v) is 7.08. The maximum atomic E-state index is 14.5. The van der Waals surface area contributed by atoms with Crippen molar-refractivity contribution in [1.29, 1.82) is 0 Å². The van der Waals surface area contributed by atoms with Crippen LogP contribution < -0.4 is 14.7 Å². The molecular formula is C19H26FN7. The summed E-state index contributed by atoms with van der Waals surface area (Å²) in [5, 5.41) is 8.87. The molecule has 2 aromatic heterocycles. The van der Waals surface area contributed by atoms with Crippen LogP contribution in [0.25, 0.3) is 0 Å². The van der Waals surface area contributed by atoms with Crippen LogP contribution in [0.4, 0.5) is 21.8 Å². The molecule has 0 unspecified atom stereocenters. The lowest BCUT2D eigenvalue weighted by atomic mass is 10.1. The van der Waals surface area contributed by atoms with Crippen LogP contribution >= 0.6 is 0 Å². The number of anilines is 3. The summed E-state index contributed by atoms with van der Waals surface area (Å²) >= 11 is 0. The van der Waals surface area contributed by atoms with Crippen molar-refractivity contribution in [3.8, 4) is 0 Å². The zero-order chi connectivity index (χ0) is 18.6. The van der Waals surface area contributed by atoms with E-state index in [4.69, 9.17) is 0 Å². The second-order valence-electron chi connectivity index (χ2n) is 7.08. The highest BCUT2D eigenvalue weighted by Crippen LogP contribution is 2.23. The molecule has 0 amide bonds. The summed E-state index contributed by atoms with van der Waals surface area (Å²) in [6, 6.07) is 4.12. The Balaban J connectivity index is 1.39. The highest BCUT2D eigenvalue weighted by atomic mass is 19.1. The van der Waals surface area contributed by atoms with Gasteiger partial charge in [-0.05, 0) is 37.8 Å². The molecule has 27 heavy (non-hydrogen) atoms. The Hall–Kier alpha value is -2.51. The molecule has 0 aliphatic carbocycles. The molecule has 0 bridgehead atoms. The lowest BCUT2D eigenvalue weighted by Crippen LogP contribution is -2.47. The van der Waals surface area contributed by atoms with Gasteiger partial charge in [0.05, 0.1) is 5.69 Å². The number of piperidine rings is 1. The molecule has 4 heterocycles. The molecule has 4 rings (SSSR count). The van der Waals surface area contributed by atoms with Gasteiger partial charge in [-0.2, -0.15) is 0 Å². The van der Waals surface area contributed by atoms with E-state index >= 15 is 0 Å². The van der Waals surface area contributed by atoms with E-state index in [9.17, 15) is 4.39 Å². The van der Waals surface area contributed by atoms with Gasteiger partial charge in [0.2, 0.25) is 0 Å². The molecule has 2 aliphatic heterocycles. The van der Waals surface area contributed by atoms with Crippen LogP contribution in [0.5, 0.6) is 0 Å². The largest absolute Gasteiger partial charge is 0.355 e. The van der Waals surface area contributed by atoms with Gasteiger partial charge in [0.25, 0.3) is 0 Å². The van der Waals surface area contributed by atoms with Crippen molar-refractivity contribution in [2.75, 3.05) is 54.0 Å². The molecule has 7 nitrogen and oxygen atoms in total. The second kappa shape index (κ2) is 8.02. The van der Waals surface area contributed by atoms with Gasteiger partial charge < -0.3 is 14.7 Å². The number of aromatic nitrogens is 4. The zero-order valence-corrected chi connectivity index (χ0v) is 15.8. The number of hydrogen-bond acceptors (Lipinski definition) is 7.